The van der Waals surface area contributed by atoms with Crippen LogP contribution < -0.4 is 0 Å². The maximum Gasteiger partial charge on any atom is 0.317 e. The molecule has 110 valence electrons. The highest BCUT2D eigenvalue weighted by Crippen LogP contribution is 2.39. The number of carboxylic acids is 1. The minimum atomic E-state index is -0.907. The van der Waals surface area contributed by atoms with Crippen LogP contribution in [0.3, 0.4) is 0 Å². The van der Waals surface area contributed by atoms with Crippen molar-refractivity contribution < 1.29 is 18.7 Å². The lowest BCUT2D eigenvalue weighted by Gasteiger charge is -2.43. The number of piperidine rings is 1. The van der Waals surface area contributed by atoms with Gasteiger partial charge < -0.3 is 5.11 Å². The van der Waals surface area contributed by atoms with Gasteiger partial charge in [0.2, 0.25) is 0 Å². The smallest absolute Gasteiger partial charge is 0.317 e. The van der Waals surface area contributed by atoms with E-state index in [2.05, 4.69) is 13.8 Å². The Morgan fingerprint density at radius 2 is 2.10 bits per heavy atom. The van der Waals surface area contributed by atoms with Crippen LogP contribution in [0.15, 0.2) is 18.2 Å². The lowest BCUT2D eigenvalue weighted by molar-refractivity contribution is -0.140. The predicted molar refractivity (Wildman–Crippen MR) is 71.3 cm³/mol. The fourth-order valence-electron chi connectivity index (χ4n) is 2.89. The third kappa shape index (κ3) is 3.33. The summed E-state index contributed by atoms with van der Waals surface area (Å²) in [5, 5.41) is 9.02. The van der Waals surface area contributed by atoms with Crippen LogP contribution in [0.4, 0.5) is 8.78 Å². The van der Waals surface area contributed by atoms with E-state index in [0.717, 1.165) is 18.9 Å². The van der Waals surface area contributed by atoms with Crippen molar-refractivity contribution in [3.63, 3.8) is 0 Å². The zero-order valence-electron chi connectivity index (χ0n) is 11.7. The van der Waals surface area contributed by atoms with E-state index in [1.54, 1.807) is 0 Å². The fraction of sp³-hybridized carbons (Fsp3) is 0.533. The molecule has 1 heterocycles. The summed E-state index contributed by atoms with van der Waals surface area (Å²) < 4.78 is 26.4. The van der Waals surface area contributed by atoms with Gasteiger partial charge in [-0.3, -0.25) is 9.69 Å². The number of aliphatic carboxylic acids is 1. The van der Waals surface area contributed by atoms with Gasteiger partial charge in [0.05, 0.1) is 6.54 Å². The average Bonchev–Trinajstić information content (AvgIpc) is 2.31. The Bertz CT molecular complexity index is 517. The third-order valence-electron chi connectivity index (χ3n) is 3.83. The second-order valence-corrected chi connectivity index (χ2v) is 6.19. The van der Waals surface area contributed by atoms with Crippen molar-refractivity contribution in [3.8, 4) is 0 Å². The number of halogens is 2. The van der Waals surface area contributed by atoms with Crippen LogP contribution >= 0.6 is 0 Å². The van der Waals surface area contributed by atoms with Gasteiger partial charge in [0.1, 0.15) is 0 Å². The summed E-state index contributed by atoms with van der Waals surface area (Å²) >= 11 is 0. The molecular weight excluding hydrogens is 264 g/mol. The first-order valence-electron chi connectivity index (χ1n) is 6.69. The zero-order valence-corrected chi connectivity index (χ0v) is 11.7. The summed E-state index contributed by atoms with van der Waals surface area (Å²) in [6.07, 6.45) is 1.66. The van der Waals surface area contributed by atoms with Gasteiger partial charge in [0.15, 0.2) is 11.6 Å². The van der Waals surface area contributed by atoms with Crippen LogP contribution in [0.25, 0.3) is 0 Å². The number of carboxylic acid groups (broad SMARTS) is 1. The molecule has 5 heteroatoms. The van der Waals surface area contributed by atoms with E-state index in [4.69, 9.17) is 5.11 Å². The maximum absolute atomic E-state index is 13.4. The number of hydrogen-bond donors (Lipinski definition) is 1. The molecule has 0 spiro atoms. The van der Waals surface area contributed by atoms with Crippen LogP contribution in [0.2, 0.25) is 0 Å². The molecule has 1 aliphatic heterocycles. The van der Waals surface area contributed by atoms with Crippen molar-refractivity contribution in [3.05, 3.63) is 35.4 Å². The first-order chi connectivity index (χ1) is 9.28. The van der Waals surface area contributed by atoms with E-state index < -0.39 is 17.6 Å². The van der Waals surface area contributed by atoms with E-state index >= 15 is 0 Å². The highest BCUT2D eigenvalue weighted by atomic mass is 19.2. The highest BCUT2D eigenvalue weighted by Gasteiger charge is 2.34. The number of benzene rings is 1. The summed E-state index contributed by atoms with van der Waals surface area (Å²) in [6, 6.07) is 3.64. The quantitative estimate of drug-likeness (QED) is 0.926. The first kappa shape index (κ1) is 14.9. The molecule has 0 aliphatic carbocycles. The Balaban J connectivity index is 2.27. The molecule has 1 N–H and O–H groups in total. The van der Waals surface area contributed by atoms with Gasteiger partial charge in [0, 0.05) is 12.6 Å². The van der Waals surface area contributed by atoms with E-state index in [-0.39, 0.29) is 18.0 Å². The maximum atomic E-state index is 13.4. The van der Waals surface area contributed by atoms with Crippen molar-refractivity contribution in [1.29, 1.82) is 0 Å². The highest BCUT2D eigenvalue weighted by molar-refractivity contribution is 5.69. The molecule has 0 bridgehead atoms. The fourth-order valence-corrected chi connectivity index (χ4v) is 2.89. The summed E-state index contributed by atoms with van der Waals surface area (Å²) in [7, 11) is 0. The van der Waals surface area contributed by atoms with Gasteiger partial charge in [0.25, 0.3) is 0 Å². The number of carbonyl (C=O) groups is 1. The second-order valence-electron chi connectivity index (χ2n) is 6.19. The van der Waals surface area contributed by atoms with Crippen LogP contribution in [-0.2, 0) is 4.79 Å². The molecule has 1 fully saturated rings. The molecule has 1 atom stereocenters. The average molecular weight is 283 g/mol. The lowest BCUT2D eigenvalue weighted by Crippen LogP contribution is -2.44. The lowest BCUT2D eigenvalue weighted by atomic mass is 9.79. The third-order valence-corrected chi connectivity index (χ3v) is 3.83. The van der Waals surface area contributed by atoms with Crippen molar-refractivity contribution in [2.75, 3.05) is 13.1 Å². The van der Waals surface area contributed by atoms with Gasteiger partial charge in [-0.1, -0.05) is 19.9 Å². The Morgan fingerprint density at radius 1 is 1.40 bits per heavy atom. The Kier molecular flexibility index (Phi) is 4.09. The standard InChI is InChI=1S/C15H19F2NO2/c1-15(2)6-5-13(18(9-15)8-14(19)20)10-3-4-11(16)12(17)7-10/h3-4,7,13H,5-6,8-9H2,1-2H3,(H,19,20). The normalized spacial score (nSPS) is 22.7. The van der Waals surface area contributed by atoms with Crippen LogP contribution in [0.1, 0.15) is 38.3 Å². The van der Waals surface area contributed by atoms with Crippen molar-refractivity contribution in [2.45, 2.75) is 32.7 Å². The topological polar surface area (TPSA) is 40.5 Å². The zero-order chi connectivity index (χ0) is 14.9. The molecule has 3 nitrogen and oxygen atoms in total. The number of rotatable bonds is 3. The number of nitrogens with zero attached hydrogens (tertiary/aromatic N) is 1. The molecular formula is C15H19F2NO2. The molecule has 1 unspecified atom stereocenters. The minimum absolute atomic E-state index is 0.0323. The van der Waals surface area contributed by atoms with Crippen LogP contribution in [0, 0.1) is 17.0 Å². The molecule has 0 radical (unpaired) electrons. The largest absolute Gasteiger partial charge is 0.480 e. The van der Waals surface area contributed by atoms with E-state index in [1.807, 2.05) is 4.90 Å². The van der Waals surface area contributed by atoms with Gasteiger partial charge >= 0.3 is 5.97 Å². The summed E-state index contributed by atoms with van der Waals surface area (Å²) in [5.41, 5.74) is 0.672. The van der Waals surface area contributed by atoms with Crippen molar-refractivity contribution >= 4 is 5.97 Å². The monoisotopic (exact) mass is 283 g/mol. The first-order valence-corrected chi connectivity index (χ1v) is 6.69. The summed E-state index contributed by atoms with van der Waals surface area (Å²) in [6.45, 7) is 4.71. The summed E-state index contributed by atoms with van der Waals surface area (Å²) in [5.74, 6) is -2.67. The molecule has 1 aromatic rings. The molecule has 2 rings (SSSR count). The molecule has 1 aromatic carbocycles. The molecule has 0 aromatic heterocycles. The van der Waals surface area contributed by atoms with Crippen LogP contribution in [-0.4, -0.2) is 29.1 Å². The van der Waals surface area contributed by atoms with E-state index in [0.29, 0.717) is 12.1 Å². The van der Waals surface area contributed by atoms with E-state index in [9.17, 15) is 13.6 Å². The molecule has 0 saturated carbocycles. The number of hydrogen-bond acceptors (Lipinski definition) is 2. The van der Waals surface area contributed by atoms with Gasteiger partial charge in [-0.05, 0) is 36.0 Å². The van der Waals surface area contributed by atoms with Crippen molar-refractivity contribution in [1.82, 2.24) is 4.90 Å². The Morgan fingerprint density at radius 3 is 2.70 bits per heavy atom. The SMILES string of the molecule is CC1(C)CCC(c2ccc(F)c(F)c2)N(CC(=O)O)C1. The van der Waals surface area contributed by atoms with Gasteiger partial charge in [-0.2, -0.15) is 0 Å². The summed E-state index contributed by atoms with van der Waals surface area (Å²) in [4.78, 5) is 12.8. The minimum Gasteiger partial charge on any atom is -0.480 e. The van der Waals surface area contributed by atoms with Gasteiger partial charge in [-0.15, -0.1) is 0 Å². The Hall–Kier alpha value is -1.49. The molecule has 0 amide bonds. The molecule has 1 aliphatic rings. The van der Waals surface area contributed by atoms with E-state index in [1.165, 1.54) is 12.1 Å². The predicted octanol–water partition coefficient (Wildman–Crippen LogP) is 3.21. The van der Waals surface area contributed by atoms with Crippen LogP contribution in [0.5, 0.6) is 0 Å². The number of likely N-dealkylation sites (tertiary alicyclic amines) is 1. The second kappa shape index (κ2) is 5.48. The van der Waals surface area contributed by atoms with Crippen molar-refractivity contribution in [2.24, 2.45) is 5.41 Å². The Labute approximate surface area is 117 Å². The van der Waals surface area contributed by atoms with Gasteiger partial charge in [-0.25, -0.2) is 8.78 Å². The molecule has 1 saturated heterocycles. The molecule has 20 heavy (non-hydrogen) atoms.